The molecular formula is C25H29N7O2S. The highest BCUT2D eigenvalue weighted by Crippen LogP contribution is 2.30. The zero-order valence-corrected chi connectivity index (χ0v) is 20.7. The van der Waals surface area contributed by atoms with Crippen LogP contribution in [-0.4, -0.2) is 58.4 Å². The minimum Gasteiger partial charge on any atom is -0.345 e. The fourth-order valence-corrected chi connectivity index (χ4v) is 5.88. The van der Waals surface area contributed by atoms with Gasteiger partial charge in [-0.3, -0.25) is 4.98 Å². The van der Waals surface area contributed by atoms with Crippen LogP contribution in [0.1, 0.15) is 18.9 Å². The Hall–Kier alpha value is -3.34. The molecule has 10 heteroatoms. The Morgan fingerprint density at radius 1 is 1.03 bits per heavy atom. The maximum atomic E-state index is 12.9. The van der Waals surface area contributed by atoms with Crippen molar-refractivity contribution in [1.29, 1.82) is 0 Å². The number of benzene rings is 1. The van der Waals surface area contributed by atoms with Crippen molar-refractivity contribution < 1.29 is 8.42 Å². The van der Waals surface area contributed by atoms with Gasteiger partial charge in [-0.15, -0.1) is 0 Å². The summed E-state index contributed by atoms with van der Waals surface area (Å²) in [6.07, 6.45) is 6.67. The van der Waals surface area contributed by atoms with Crippen LogP contribution in [-0.2, 0) is 16.6 Å². The lowest BCUT2D eigenvalue weighted by Crippen LogP contribution is -2.46. The second-order valence-corrected chi connectivity index (χ2v) is 10.6. The van der Waals surface area contributed by atoms with E-state index in [2.05, 4.69) is 45.2 Å². The molecule has 1 aliphatic rings. The first-order valence-electron chi connectivity index (χ1n) is 11.8. The van der Waals surface area contributed by atoms with E-state index in [0.29, 0.717) is 37.8 Å². The number of anilines is 2. The largest absolute Gasteiger partial charge is 0.345 e. The molecule has 0 saturated carbocycles. The second kappa shape index (κ2) is 9.73. The average Bonchev–Trinajstić information content (AvgIpc) is 3.25. The summed E-state index contributed by atoms with van der Waals surface area (Å²) in [6, 6.07) is 10.6. The number of aromatic nitrogens is 4. The molecule has 0 bridgehead atoms. The van der Waals surface area contributed by atoms with Gasteiger partial charge >= 0.3 is 0 Å². The van der Waals surface area contributed by atoms with Crippen LogP contribution >= 0.6 is 0 Å². The first kappa shape index (κ1) is 23.4. The van der Waals surface area contributed by atoms with Crippen LogP contribution in [0, 0.1) is 6.92 Å². The molecule has 35 heavy (non-hydrogen) atoms. The minimum absolute atomic E-state index is 0.282. The minimum atomic E-state index is -3.50. The third-order valence-electron chi connectivity index (χ3n) is 6.17. The summed E-state index contributed by atoms with van der Waals surface area (Å²) >= 11 is 0. The number of rotatable bonds is 7. The first-order chi connectivity index (χ1) is 17.0. The Balaban J connectivity index is 1.40. The van der Waals surface area contributed by atoms with Crippen LogP contribution in [0.15, 0.2) is 59.9 Å². The Morgan fingerprint density at radius 3 is 2.51 bits per heavy atom. The van der Waals surface area contributed by atoms with Crippen LogP contribution in [0.4, 0.5) is 11.6 Å². The molecule has 4 heterocycles. The third-order valence-corrected chi connectivity index (χ3v) is 8.09. The van der Waals surface area contributed by atoms with Gasteiger partial charge in [0.2, 0.25) is 16.0 Å². The van der Waals surface area contributed by atoms with Crippen LogP contribution in [0.2, 0.25) is 0 Å². The zero-order valence-electron chi connectivity index (χ0n) is 19.9. The molecule has 182 valence electrons. The van der Waals surface area contributed by atoms with Gasteiger partial charge in [-0.25, -0.2) is 18.4 Å². The lowest BCUT2D eigenvalue weighted by molar-refractivity contribution is 0.360. The zero-order chi connectivity index (χ0) is 24.4. The molecule has 0 amide bonds. The Bertz CT molecular complexity index is 1440. The summed E-state index contributed by atoms with van der Waals surface area (Å²) in [7, 11) is -3.50. The van der Waals surface area contributed by atoms with Crippen molar-refractivity contribution in [2.45, 2.75) is 31.7 Å². The standard InChI is InChI=1S/C25H29N7O2S/c1-3-14-31-17-21(23-24(31)18(2)8-10-27-23)22-9-11-28-25(30-22)29-19-4-6-20(7-5-19)35(33,34)32-15-12-26-13-16-32/h4-11,17,26H,3,12-16H2,1-2H3,(H,28,29,30). The molecule has 1 fully saturated rings. The van der Waals surface area contributed by atoms with Gasteiger partial charge < -0.3 is 15.2 Å². The number of piperazine rings is 1. The van der Waals surface area contributed by atoms with Crippen LogP contribution in [0.5, 0.6) is 0 Å². The van der Waals surface area contributed by atoms with Crippen LogP contribution in [0.3, 0.4) is 0 Å². The van der Waals surface area contributed by atoms with Gasteiger partial charge in [0.05, 0.1) is 21.6 Å². The molecule has 0 atom stereocenters. The predicted octanol–water partition coefficient (Wildman–Crippen LogP) is 3.55. The van der Waals surface area contributed by atoms with Gasteiger partial charge in [-0.05, 0) is 55.3 Å². The number of nitrogens with one attached hydrogen (secondary N) is 2. The molecule has 0 aliphatic carbocycles. The van der Waals surface area contributed by atoms with Gasteiger partial charge in [-0.2, -0.15) is 4.31 Å². The molecule has 4 aromatic rings. The van der Waals surface area contributed by atoms with Crippen LogP contribution < -0.4 is 10.6 Å². The van der Waals surface area contributed by atoms with Gasteiger partial charge in [0.1, 0.15) is 0 Å². The van der Waals surface area contributed by atoms with E-state index in [1.807, 2.05) is 18.3 Å². The van der Waals surface area contributed by atoms with E-state index in [9.17, 15) is 8.42 Å². The summed E-state index contributed by atoms with van der Waals surface area (Å²) in [6.45, 7) is 7.45. The Morgan fingerprint density at radius 2 is 1.77 bits per heavy atom. The van der Waals surface area contributed by atoms with E-state index in [1.165, 1.54) is 9.87 Å². The fourth-order valence-electron chi connectivity index (χ4n) is 4.44. The van der Waals surface area contributed by atoms with Crippen molar-refractivity contribution >= 4 is 32.7 Å². The predicted molar refractivity (Wildman–Crippen MR) is 137 cm³/mol. The number of aryl methyl sites for hydroxylation is 2. The molecule has 3 aromatic heterocycles. The van der Waals surface area contributed by atoms with Gasteiger partial charge in [0.15, 0.2) is 0 Å². The highest BCUT2D eigenvalue weighted by Gasteiger charge is 2.25. The summed E-state index contributed by atoms with van der Waals surface area (Å²) in [4.78, 5) is 14.0. The van der Waals surface area contributed by atoms with Crippen molar-refractivity contribution in [3.8, 4) is 11.3 Å². The van der Waals surface area contributed by atoms with E-state index >= 15 is 0 Å². The quantitative estimate of drug-likeness (QED) is 0.407. The molecule has 1 aromatic carbocycles. The van der Waals surface area contributed by atoms with E-state index < -0.39 is 10.0 Å². The highest BCUT2D eigenvalue weighted by atomic mass is 32.2. The van der Waals surface area contributed by atoms with Crippen molar-refractivity contribution in [2.75, 3.05) is 31.5 Å². The SMILES string of the molecule is CCCn1cc(-c2ccnc(Nc3ccc(S(=O)(=O)N4CCNCC4)cc3)n2)c2nccc(C)c21. The number of hydrogen-bond donors (Lipinski definition) is 2. The summed E-state index contributed by atoms with van der Waals surface area (Å²) in [5.74, 6) is 0.434. The van der Waals surface area contributed by atoms with Gasteiger partial charge in [-0.1, -0.05) is 6.92 Å². The number of nitrogens with zero attached hydrogens (tertiary/aromatic N) is 5. The van der Waals surface area contributed by atoms with E-state index in [-0.39, 0.29) is 4.90 Å². The summed E-state index contributed by atoms with van der Waals surface area (Å²) in [5.41, 5.74) is 5.67. The molecule has 9 nitrogen and oxygen atoms in total. The smallest absolute Gasteiger partial charge is 0.243 e. The Labute approximate surface area is 205 Å². The third kappa shape index (κ3) is 4.64. The monoisotopic (exact) mass is 491 g/mol. The number of pyridine rings is 1. The molecule has 1 aliphatic heterocycles. The first-order valence-corrected chi connectivity index (χ1v) is 13.3. The molecular weight excluding hydrogens is 462 g/mol. The lowest BCUT2D eigenvalue weighted by Gasteiger charge is -2.26. The maximum Gasteiger partial charge on any atom is 0.243 e. The topological polar surface area (TPSA) is 105 Å². The fraction of sp³-hybridized carbons (Fsp3) is 0.320. The van der Waals surface area contributed by atoms with Crippen LogP contribution in [0.25, 0.3) is 22.3 Å². The van der Waals surface area contributed by atoms with Gasteiger partial charge in [0.25, 0.3) is 0 Å². The van der Waals surface area contributed by atoms with Crippen molar-refractivity contribution in [3.05, 3.63) is 60.6 Å². The average molecular weight is 492 g/mol. The van der Waals surface area contributed by atoms with E-state index in [4.69, 9.17) is 4.98 Å². The van der Waals surface area contributed by atoms with Crippen molar-refractivity contribution in [1.82, 2.24) is 29.1 Å². The lowest BCUT2D eigenvalue weighted by atomic mass is 10.1. The Kier molecular flexibility index (Phi) is 6.50. The summed E-state index contributed by atoms with van der Waals surface area (Å²) in [5, 5.41) is 6.37. The maximum absolute atomic E-state index is 12.9. The van der Waals surface area contributed by atoms with Crippen molar-refractivity contribution in [3.63, 3.8) is 0 Å². The second-order valence-electron chi connectivity index (χ2n) is 8.63. The number of hydrogen-bond acceptors (Lipinski definition) is 7. The molecule has 0 radical (unpaired) electrons. The number of sulfonamides is 1. The summed E-state index contributed by atoms with van der Waals surface area (Å²) < 4.78 is 29.5. The van der Waals surface area contributed by atoms with Crippen molar-refractivity contribution in [2.24, 2.45) is 0 Å². The molecule has 0 unspecified atom stereocenters. The molecule has 0 spiro atoms. The van der Waals surface area contributed by atoms with E-state index in [1.54, 1.807) is 30.5 Å². The van der Waals surface area contributed by atoms with Gasteiger partial charge in [0, 0.05) is 62.6 Å². The molecule has 2 N–H and O–H groups in total. The highest BCUT2D eigenvalue weighted by molar-refractivity contribution is 7.89. The number of fused-ring (bicyclic) bond motifs is 1. The molecule has 5 rings (SSSR count). The molecule has 1 saturated heterocycles. The normalized spacial score (nSPS) is 14.9. The van der Waals surface area contributed by atoms with E-state index in [0.717, 1.165) is 35.3 Å².